The number of rotatable bonds is 1. The molecule has 0 aromatic rings. The van der Waals surface area contributed by atoms with E-state index in [0.29, 0.717) is 12.8 Å². The molecule has 3 nitrogen and oxygen atoms in total. The summed E-state index contributed by atoms with van der Waals surface area (Å²) in [7, 11) is 5.38. The summed E-state index contributed by atoms with van der Waals surface area (Å²) in [5.74, 6) is 0. The molecule has 1 heterocycles. The van der Waals surface area contributed by atoms with Gasteiger partial charge in [-0.1, -0.05) is 0 Å². The highest BCUT2D eigenvalue weighted by atomic mass is 16.5. The van der Waals surface area contributed by atoms with E-state index in [-0.39, 0.29) is 12.6 Å². The van der Waals surface area contributed by atoms with Crippen LogP contribution in [-0.4, -0.2) is 31.2 Å². The fraction of sp³-hybridized carbons (Fsp3) is 0.833. The Labute approximate surface area is 61.0 Å². The van der Waals surface area contributed by atoms with Crippen LogP contribution in [0.15, 0.2) is 0 Å². The molecule has 0 saturated carbocycles. The van der Waals surface area contributed by atoms with Gasteiger partial charge in [0.2, 0.25) is 0 Å². The molecule has 52 valence electrons. The summed E-state index contributed by atoms with van der Waals surface area (Å²) in [5.41, 5.74) is -1.01. The lowest BCUT2D eigenvalue weighted by atomic mass is 9.95. The predicted molar refractivity (Wildman–Crippen MR) is 35.3 cm³/mol. The third-order valence-corrected chi connectivity index (χ3v) is 1.67. The van der Waals surface area contributed by atoms with E-state index in [1.54, 1.807) is 0 Å². The fourth-order valence-corrected chi connectivity index (χ4v) is 1.02. The number of hydrogen-bond acceptors (Lipinski definition) is 3. The van der Waals surface area contributed by atoms with Gasteiger partial charge in [-0.25, -0.2) is 0 Å². The first-order valence-electron chi connectivity index (χ1n) is 3.18. The maximum atomic E-state index is 8.73. The second-order valence-electron chi connectivity index (χ2n) is 2.46. The van der Waals surface area contributed by atoms with Crippen LogP contribution in [0.2, 0.25) is 0 Å². The Hall–Kier alpha value is -0.525. The highest BCUT2D eigenvalue weighted by Gasteiger charge is 2.37. The molecule has 1 aliphatic rings. The van der Waals surface area contributed by atoms with Gasteiger partial charge in [0.1, 0.15) is 13.9 Å². The first-order valence-corrected chi connectivity index (χ1v) is 3.18. The first kappa shape index (κ1) is 7.58. The van der Waals surface area contributed by atoms with Crippen LogP contribution in [0.3, 0.4) is 0 Å². The number of hydrogen-bond donors (Lipinski definition) is 1. The second-order valence-corrected chi connectivity index (χ2v) is 2.46. The minimum Gasteiger partial charge on any atom is -0.392 e. The lowest BCUT2D eigenvalue weighted by molar-refractivity contribution is -0.00905. The summed E-state index contributed by atoms with van der Waals surface area (Å²) in [5, 5.41) is 17.3. The van der Waals surface area contributed by atoms with Gasteiger partial charge in [0, 0.05) is 6.00 Å². The van der Waals surface area contributed by atoms with E-state index in [4.69, 9.17) is 23.0 Å². The normalized spacial score (nSPS) is 39.4. The molecule has 0 bridgehead atoms. The van der Waals surface area contributed by atoms with Crippen LogP contribution in [0.5, 0.6) is 0 Å². The largest absolute Gasteiger partial charge is 0.392 e. The molecular formula is C6H8BNO2. The Balaban J connectivity index is 2.62. The molecule has 0 spiro atoms. The summed E-state index contributed by atoms with van der Waals surface area (Å²) in [6.07, 6.45) is 1.18. The molecule has 1 rings (SSSR count). The third-order valence-electron chi connectivity index (χ3n) is 1.67. The van der Waals surface area contributed by atoms with Crippen molar-refractivity contribution in [1.29, 1.82) is 5.26 Å². The molecule has 0 aliphatic carbocycles. The van der Waals surface area contributed by atoms with Crippen molar-refractivity contribution in [2.45, 2.75) is 24.4 Å². The zero-order chi connectivity index (χ0) is 7.61. The number of aliphatic hydroxyl groups is 1. The van der Waals surface area contributed by atoms with Gasteiger partial charge in [-0.2, -0.15) is 5.26 Å². The van der Waals surface area contributed by atoms with Crippen LogP contribution in [0.25, 0.3) is 0 Å². The molecule has 0 aromatic heterocycles. The zero-order valence-electron chi connectivity index (χ0n) is 5.58. The van der Waals surface area contributed by atoms with Crippen molar-refractivity contribution in [1.82, 2.24) is 0 Å². The number of aliphatic hydroxyl groups excluding tert-OH is 1. The summed E-state index contributed by atoms with van der Waals surface area (Å²) >= 11 is 0. The van der Waals surface area contributed by atoms with Gasteiger partial charge in [0.25, 0.3) is 0 Å². The summed E-state index contributed by atoms with van der Waals surface area (Å²) in [4.78, 5) is 0. The van der Waals surface area contributed by atoms with E-state index < -0.39 is 5.60 Å². The molecule has 0 aromatic carbocycles. The van der Waals surface area contributed by atoms with Crippen molar-refractivity contribution in [3.63, 3.8) is 0 Å². The van der Waals surface area contributed by atoms with Crippen molar-refractivity contribution in [2.24, 2.45) is 0 Å². The van der Waals surface area contributed by atoms with Crippen LogP contribution >= 0.6 is 0 Å². The summed E-state index contributed by atoms with van der Waals surface area (Å²) < 4.78 is 5.01. The van der Waals surface area contributed by atoms with Crippen molar-refractivity contribution in [2.75, 3.05) is 6.61 Å². The lowest BCUT2D eigenvalue weighted by Gasteiger charge is -2.17. The van der Waals surface area contributed by atoms with Crippen LogP contribution in [-0.2, 0) is 4.74 Å². The zero-order valence-corrected chi connectivity index (χ0v) is 5.58. The van der Waals surface area contributed by atoms with Gasteiger partial charge in [-0.15, -0.1) is 0 Å². The molecule has 1 N–H and O–H groups in total. The molecule has 1 saturated heterocycles. The van der Waals surface area contributed by atoms with Gasteiger partial charge in [-0.3, -0.25) is 0 Å². The van der Waals surface area contributed by atoms with Crippen LogP contribution in [0.1, 0.15) is 12.8 Å². The van der Waals surface area contributed by atoms with Crippen LogP contribution in [0.4, 0.5) is 0 Å². The number of nitrogens with zero attached hydrogens (tertiary/aromatic N) is 1. The smallest absolute Gasteiger partial charge is 0.176 e. The van der Waals surface area contributed by atoms with Crippen molar-refractivity contribution < 1.29 is 9.84 Å². The van der Waals surface area contributed by atoms with E-state index in [1.807, 2.05) is 6.07 Å². The van der Waals surface area contributed by atoms with Gasteiger partial charge in [0.05, 0.1) is 6.61 Å². The van der Waals surface area contributed by atoms with Crippen LogP contribution < -0.4 is 0 Å². The molecule has 2 atom stereocenters. The Kier molecular flexibility index (Phi) is 1.98. The van der Waals surface area contributed by atoms with Gasteiger partial charge in [0.15, 0.2) is 5.60 Å². The topological polar surface area (TPSA) is 53.2 Å². The quantitative estimate of drug-likeness (QED) is 0.497. The highest BCUT2D eigenvalue weighted by Crippen LogP contribution is 2.27. The molecule has 4 heteroatoms. The molecule has 2 unspecified atom stereocenters. The van der Waals surface area contributed by atoms with Gasteiger partial charge >= 0.3 is 0 Å². The lowest BCUT2D eigenvalue weighted by Crippen LogP contribution is -2.31. The summed E-state index contributed by atoms with van der Waals surface area (Å²) in [6.45, 7) is -0.267. The number of ether oxygens (including phenoxy) is 1. The Morgan fingerprint density at radius 2 is 2.60 bits per heavy atom. The van der Waals surface area contributed by atoms with E-state index >= 15 is 0 Å². The number of nitriles is 1. The van der Waals surface area contributed by atoms with Crippen LogP contribution in [0, 0.1) is 11.3 Å². The molecule has 0 amide bonds. The van der Waals surface area contributed by atoms with Crippen molar-refractivity contribution in [3.8, 4) is 6.07 Å². The molecular weight excluding hydrogens is 129 g/mol. The molecule has 10 heavy (non-hydrogen) atoms. The fourth-order valence-electron chi connectivity index (χ4n) is 1.02. The van der Waals surface area contributed by atoms with E-state index in [1.165, 1.54) is 0 Å². The maximum absolute atomic E-state index is 8.73. The minimum atomic E-state index is -1.01. The van der Waals surface area contributed by atoms with Gasteiger partial charge in [-0.05, 0) is 12.8 Å². The SMILES string of the molecule is [B]C1CCC(C#N)(CO)O1. The van der Waals surface area contributed by atoms with Gasteiger partial charge < -0.3 is 9.84 Å². The average Bonchev–Trinajstić information content (AvgIpc) is 2.33. The van der Waals surface area contributed by atoms with E-state index in [0.717, 1.165) is 0 Å². The Morgan fingerprint density at radius 1 is 1.90 bits per heavy atom. The minimum absolute atomic E-state index is 0.267. The molecule has 1 fully saturated rings. The molecule has 2 radical (unpaired) electrons. The standard InChI is InChI=1S/C6H8BNO2/c7-5-1-2-6(3-8,4-9)10-5/h5,9H,1-2,4H2. The predicted octanol–water partition coefficient (Wildman–Crippen LogP) is -0.454. The Morgan fingerprint density at radius 3 is 2.80 bits per heavy atom. The summed E-state index contributed by atoms with van der Waals surface area (Å²) in [6, 6.07) is 1.52. The molecule has 1 aliphatic heterocycles. The van der Waals surface area contributed by atoms with Crippen molar-refractivity contribution >= 4 is 7.85 Å². The Bertz CT molecular complexity index is 168. The highest BCUT2D eigenvalue weighted by molar-refractivity contribution is 6.11. The van der Waals surface area contributed by atoms with E-state index in [2.05, 4.69) is 0 Å². The third kappa shape index (κ3) is 1.15. The monoisotopic (exact) mass is 137 g/mol. The first-order chi connectivity index (χ1) is 4.72. The van der Waals surface area contributed by atoms with E-state index in [9.17, 15) is 0 Å². The maximum Gasteiger partial charge on any atom is 0.176 e. The second kappa shape index (κ2) is 2.61. The van der Waals surface area contributed by atoms with Crippen molar-refractivity contribution in [3.05, 3.63) is 0 Å². The average molecular weight is 137 g/mol.